The minimum Gasteiger partial charge on any atom is -0.497 e. The standard InChI is InChI=1S/C31H26N4O4S/c1-39-25-14-8-11-22(19-25)30(37)32-23-15-17-26(18-16-23)40-29(21-9-4-2-5-10-21)31(38)33-27-20-28(36)35(34-27)24-12-6-3-7-13-24/h2-19,29H,20H2,1H3,(H,32,37)(H,33,34,38). The number of thioether (sulfide) groups is 1. The SMILES string of the molecule is COc1cccc(C(=O)Nc2ccc(SC(C(=O)NC3=NN(c4ccccc4)C(=O)C3)c3ccccc3)cc2)c1. The second-order valence-electron chi connectivity index (χ2n) is 8.87. The van der Waals surface area contributed by atoms with E-state index >= 15 is 0 Å². The summed E-state index contributed by atoms with van der Waals surface area (Å²) < 4.78 is 5.19. The van der Waals surface area contributed by atoms with Gasteiger partial charge in [0.25, 0.3) is 11.8 Å². The number of hydrazone groups is 1. The van der Waals surface area contributed by atoms with Crippen molar-refractivity contribution in [3.63, 3.8) is 0 Å². The number of carbonyl (C=O) groups excluding carboxylic acids is 3. The summed E-state index contributed by atoms with van der Waals surface area (Å²) in [6, 6.07) is 32.7. The van der Waals surface area contributed by atoms with Crippen LogP contribution in [0.4, 0.5) is 11.4 Å². The van der Waals surface area contributed by atoms with Crippen LogP contribution >= 0.6 is 11.8 Å². The number of benzene rings is 4. The van der Waals surface area contributed by atoms with Crippen LogP contribution in [0, 0.1) is 0 Å². The van der Waals surface area contributed by atoms with Crippen LogP contribution in [0.25, 0.3) is 0 Å². The number of carbonyl (C=O) groups is 3. The van der Waals surface area contributed by atoms with Gasteiger partial charge >= 0.3 is 0 Å². The van der Waals surface area contributed by atoms with Gasteiger partial charge in [-0.25, -0.2) is 0 Å². The maximum Gasteiger partial charge on any atom is 0.255 e. The molecule has 40 heavy (non-hydrogen) atoms. The molecular formula is C31H26N4O4S. The quantitative estimate of drug-likeness (QED) is 0.276. The lowest BCUT2D eigenvalue weighted by molar-refractivity contribution is -0.119. The van der Waals surface area contributed by atoms with Gasteiger partial charge in [-0.3, -0.25) is 14.4 Å². The first-order chi connectivity index (χ1) is 19.5. The second-order valence-corrected chi connectivity index (χ2v) is 10.1. The fourth-order valence-corrected chi connectivity index (χ4v) is 5.12. The highest BCUT2D eigenvalue weighted by Gasteiger charge is 2.29. The maximum atomic E-state index is 13.5. The van der Waals surface area contributed by atoms with Crippen LogP contribution in [-0.4, -0.2) is 30.7 Å². The van der Waals surface area contributed by atoms with Gasteiger partial charge in [-0.1, -0.05) is 54.6 Å². The third-order valence-corrected chi connectivity index (χ3v) is 7.35. The van der Waals surface area contributed by atoms with Gasteiger partial charge in [-0.2, -0.15) is 10.1 Å². The molecule has 0 bridgehead atoms. The number of hydrogen-bond donors (Lipinski definition) is 2. The van der Waals surface area contributed by atoms with Gasteiger partial charge in [0.1, 0.15) is 16.8 Å². The zero-order valence-corrected chi connectivity index (χ0v) is 22.4. The Morgan fingerprint density at radius 2 is 1.57 bits per heavy atom. The molecule has 4 aromatic rings. The van der Waals surface area contributed by atoms with Crippen LogP contribution < -0.4 is 20.4 Å². The lowest BCUT2D eigenvalue weighted by atomic mass is 10.1. The van der Waals surface area contributed by atoms with E-state index in [0.29, 0.717) is 28.5 Å². The normalized spacial score (nSPS) is 13.4. The summed E-state index contributed by atoms with van der Waals surface area (Å²) in [5.74, 6) is 0.156. The summed E-state index contributed by atoms with van der Waals surface area (Å²) >= 11 is 1.37. The minimum atomic E-state index is -0.595. The lowest BCUT2D eigenvalue weighted by Crippen LogP contribution is -2.33. The van der Waals surface area contributed by atoms with Gasteiger partial charge in [0, 0.05) is 16.1 Å². The van der Waals surface area contributed by atoms with Gasteiger partial charge in [-0.05, 0) is 60.2 Å². The fourth-order valence-electron chi connectivity index (χ4n) is 4.10. The molecule has 0 fully saturated rings. The second kappa shape index (κ2) is 12.3. The van der Waals surface area contributed by atoms with E-state index in [9.17, 15) is 14.4 Å². The number of nitrogens with one attached hydrogen (secondary N) is 2. The van der Waals surface area contributed by atoms with Crippen molar-refractivity contribution in [2.24, 2.45) is 5.10 Å². The lowest BCUT2D eigenvalue weighted by Gasteiger charge is -2.17. The predicted molar refractivity (Wildman–Crippen MR) is 157 cm³/mol. The molecule has 0 aromatic heterocycles. The number of ether oxygens (including phenoxy) is 1. The van der Waals surface area contributed by atoms with Gasteiger partial charge < -0.3 is 15.4 Å². The van der Waals surface area contributed by atoms with Crippen molar-refractivity contribution in [3.8, 4) is 5.75 Å². The molecule has 1 heterocycles. The largest absolute Gasteiger partial charge is 0.497 e. The van der Waals surface area contributed by atoms with Crippen molar-refractivity contribution in [1.29, 1.82) is 0 Å². The number of rotatable bonds is 8. The smallest absolute Gasteiger partial charge is 0.255 e. The first kappa shape index (κ1) is 26.7. The Morgan fingerprint density at radius 1 is 0.875 bits per heavy atom. The highest BCUT2D eigenvalue weighted by molar-refractivity contribution is 8.00. The highest BCUT2D eigenvalue weighted by Crippen LogP contribution is 2.36. The van der Waals surface area contributed by atoms with Crippen LogP contribution in [0.2, 0.25) is 0 Å². The van der Waals surface area contributed by atoms with E-state index in [1.54, 1.807) is 55.6 Å². The number of para-hydroxylation sites is 1. The fraction of sp³-hybridized carbons (Fsp3) is 0.0968. The first-order valence-electron chi connectivity index (χ1n) is 12.5. The van der Waals surface area contributed by atoms with Crippen LogP contribution in [0.1, 0.15) is 27.6 Å². The van der Waals surface area contributed by atoms with Gasteiger partial charge in [0.15, 0.2) is 0 Å². The molecular weight excluding hydrogens is 524 g/mol. The summed E-state index contributed by atoms with van der Waals surface area (Å²) in [6.07, 6.45) is 0.00843. The van der Waals surface area contributed by atoms with E-state index in [-0.39, 0.29) is 24.1 Å². The zero-order valence-electron chi connectivity index (χ0n) is 21.6. The monoisotopic (exact) mass is 550 g/mol. The third kappa shape index (κ3) is 6.39. The number of amidine groups is 1. The molecule has 1 atom stereocenters. The molecule has 0 saturated carbocycles. The first-order valence-corrected chi connectivity index (χ1v) is 13.4. The number of hydrogen-bond acceptors (Lipinski definition) is 6. The molecule has 0 spiro atoms. The Hall–Kier alpha value is -4.89. The van der Waals surface area contributed by atoms with E-state index < -0.39 is 5.25 Å². The van der Waals surface area contributed by atoms with Crippen molar-refractivity contribution in [3.05, 3.63) is 120 Å². The Balaban J connectivity index is 1.29. The molecule has 0 radical (unpaired) electrons. The number of amides is 3. The average Bonchev–Trinajstić information content (AvgIpc) is 3.37. The molecule has 1 aliphatic heterocycles. The molecule has 4 aromatic carbocycles. The third-order valence-electron chi connectivity index (χ3n) is 6.08. The van der Waals surface area contributed by atoms with Gasteiger partial charge in [0.05, 0.1) is 19.2 Å². The van der Waals surface area contributed by atoms with E-state index in [4.69, 9.17) is 4.74 Å². The van der Waals surface area contributed by atoms with E-state index in [1.807, 2.05) is 60.7 Å². The molecule has 200 valence electrons. The van der Waals surface area contributed by atoms with Crippen LogP contribution in [0.5, 0.6) is 5.75 Å². The molecule has 0 saturated heterocycles. The van der Waals surface area contributed by atoms with Crippen molar-refractivity contribution in [2.75, 3.05) is 17.4 Å². The Kier molecular flexibility index (Phi) is 8.22. The van der Waals surface area contributed by atoms with E-state index in [2.05, 4.69) is 15.7 Å². The average molecular weight is 551 g/mol. The Bertz CT molecular complexity index is 1540. The Morgan fingerprint density at radius 3 is 2.27 bits per heavy atom. The number of anilines is 2. The van der Waals surface area contributed by atoms with Gasteiger partial charge in [0.2, 0.25) is 5.91 Å². The number of nitrogens with zero attached hydrogens (tertiary/aromatic N) is 2. The van der Waals surface area contributed by atoms with Gasteiger partial charge in [-0.15, -0.1) is 11.8 Å². The molecule has 5 rings (SSSR count). The van der Waals surface area contributed by atoms with Crippen molar-refractivity contribution in [1.82, 2.24) is 5.32 Å². The van der Waals surface area contributed by atoms with Crippen LogP contribution in [0.3, 0.4) is 0 Å². The zero-order chi connectivity index (χ0) is 27.9. The number of methoxy groups -OCH3 is 1. The summed E-state index contributed by atoms with van der Waals surface area (Å²) in [6.45, 7) is 0. The predicted octanol–water partition coefficient (Wildman–Crippen LogP) is 5.65. The van der Waals surface area contributed by atoms with E-state index in [0.717, 1.165) is 10.5 Å². The Labute approximate surface area is 236 Å². The van der Waals surface area contributed by atoms with E-state index in [1.165, 1.54) is 16.8 Å². The molecule has 0 aliphatic carbocycles. The molecule has 8 nitrogen and oxygen atoms in total. The summed E-state index contributed by atoms with van der Waals surface area (Å²) in [7, 11) is 1.55. The summed E-state index contributed by atoms with van der Waals surface area (Å²) in [5.41, 5.74) is 2.56. The van der Waals surface area contributed by atoms with Crippen molar-refractivity contribution in [2.45, 2.75) is 16.6 Å². The molecule has 1 aliphatic rings. The minimum absolute atomic E-state index is 0.00843. The topological polar surface area (TPSA) is 100 Å². The summed E-state index contributed by atoms with van der Waals surface area (Å²) in [4.78, 5) is 39.5. The highest BCUT2D eigenvalue weighted by atomic mass is 32.2. The molecule has 3 amide bonds. The van der Waals surface area contributed by atoms with Crippen molar-refractivity contribution >= 4 is 46.7 Å². The van der Waals surface area contributed by atoms with Crippen molar-refractivity contribution < 1.29 is 19.1 Å². The summed E-state index contributed by atoms with van der Waals surface area (Å²) in [5, 5.41) is 10.8. The maximum absolute atomic E-state index is 13.5. The molecule has 9 heteroatoms. The molecule has 1 unspecified atom stereocenters. The molecule has 2 N–H and O–H groups in total. The van der Waals surface area contributed by atoms with Crippen LogP contribution in [0.15, 0.2) is 119 Å². The van der Waals surface area contributed by atoms with Crippen LogP contribution in [-0.2, 0) is 9.59 Å².